The molecule has 2 aromatic rings. The van der Waals surface area contributed by atoms with E-state index in [1.165, 1.54) is 0 Å². The second-order valence-corrected chi connectivity index (χ2v) is 3.82. The van der Waals surface area contributed by atoms with Crippen LogP contribution in [0, 0.1) is 0 Å². The fourth-order valence-corrected chi connectivity index (χ4v) is 1.51. The Morgan fingerprint density at radius 2 is 2.05 bits per heavy atom. The zero-order valence-electron chi connectivity index (χ0n) is 10.00. The summed E-state index contributed by atoms with van der Waals surface area (Å²) in [5.74, 6) is -0.204. The summed E-state index contributed by atoms with van der Waals surface area (Å²) in [5, 5.41) is 14.2. The molecular formula is C12H13N5O2. The monoisotopic (exact) mass is 259 g/mol. The fourth-order valence-electron chi connectivity index (χ4n) is 1.51. The number of amidine groups is 1. The fraction of sp³-hybridized carbons (Fsp3) is 0.0833. The molecule has 1 heterocycles. The van der Waals surface area contributed by atoms with E-state index in [0.29, 0.717) is 17.7 Å². The van der Waals surface area contributed by atoms with Crippen LogP contribution in [-0.2, 0) is 6.54 Å². The smallest absolute Gasteiger partial charge is 0.251 e. The second-order valence-electron chi connectivity index (χ2n) is 3.82. The van der Waals surface area contributed by atoms with Crippen LogP contribution in [0.3, 0.4) is 0 Å². The number of imidazole rings is 1. The minimum Gasteiger partial charge on any atom is -0.409 e. The van der Waals surface area contributed by atoms with Gasteiger partial charge in [0.25, 0.3) is 5.91 Å². The third kappa shape index (κ3) is 3.09. The predicted molar refractivity (Wildman–Crippen MR) is 68.7 cm³/mol. The van der Waals surface area contributed by atoms with Crippen molar-refractivity contribution in [3.05, 3.63) is 53.6 Å². The lowest BCUT2D eigenvalue weighted by Gasteiger charge is -2.04. The summed E-state index contributed by atoms with van der Waals surface area (Å²) in [6.07, 6.45) is 3.19. The Kier molecular flexibility index (Phi) is 3.77. The van der Waals surface area contributed by atoms with Crippen molar-refractivity contribution in [2.24, 2.45) is 10.9 Å². The number of aromatic amines is 1. The zero-order valence-corrected chi connectivity index (χ0v) is 10.00. The predicted octanol–water partition coefficient (Wildman–Crippen LogP) is 0.434. The molecule has 0 unspecified atom stereocenters. The van der Waals surface area contributed by atoms with Crippen molar-refractivity contribution in [1.29, 1.82) is 0 Å². The molecule has 7 heteroatoms. The molecule has 0 aliphatic carbocycles. The molecule has 1 aromatic carbocycles. The molecule has 0 aliphatic heterocycles. The summed E-state index contributed by atoms with van der Waals surface area (Å²) in [6.45, 7) is 0.376. The molecule has 1 aromatic heterocycles. The first-order valence-electron chi connectivity index (χ1n) is 5.54. The molecule has 0 spiro atoms. The highest BCUT2D eigenvalue weighted by atomic mass is 16.4. The summed E-state index contributed by atoms with van der Waals surface area (Å²) in [7, 11) is 0. The molecule has 0 atom stereocenters. The van der Waals surface area contributed by atoms with Gasteiger partial charge < -0.3 is 21.2 Å². The third-order valence-corrected chi connectivity index (χ3v) is 2.54. The molecule has 1 amide bonds. The van der Waals surface area contributed by atoms with Gasteiger partial charge in [0.2, 0.25) is 0 Å². The molecule has 0 aliphatic rings. The van der Waals surface area contributed by atoms with E-state index in [1.54, 1.807) is 36.8 Å². The van der Waals surface area contributed by atoms with E-state index in [2.05, 4.69) is 20.4 Å². The van der Waals surface area contributed by atoms with Crippen LogP contribution >= 0.6 is 0 Å². The molecule has 7 nitrogen and oxygen atoms in total. The molecule has 0 radical (unpaired) electrons. The van der Waals surface area contributed by atoms with Crippen molar-refractivity contribution in [1.82, 2.24) is 15.3 Å². The van der Waals surface area contributed by atoms with Crippen LogP contribution in [-0.4, -0.2) is 26.9 Å². The van der Waals surface area contributed by atoms with Gasteiger partial charge in [-0.05, 0) is 12.1 Å². The second kappa shape index (κ2) is 5.67. The van der Waals surface area contributed by atoms with Gasteiger partial charge in [0.1, 0.15) is 0 Å². The maximum absolute atomic E-state index is 11.8. The number of nitrogens with two attached hydrogens (primary N) is 1. The Labute approximate surface area is 109 Å². The van der Waals surface area contributed by atoms with E-state index in [9.17, 15) is 4.79 Å². The van der Waals surface area contributed by atoms with Gasteiger partial charge in [-0.3, -0.25) is 4.79 Å². The van der Waals surface area contributed by atoms with Gasteiger partial charge in [-0.25, -0.2) is 4.98 Å². The van der Waals surface area contributed by atoms with Crippen LogP contribution < -0.4 is 11.1 Å². The number of nitrogens with zero attached hydrogens (tertiary/aromatic N) is 2. The molecule has 0 fully saturated rings. The number of oxime groups is 1. The molecule has 5 N–H and O–H groups in total. The first kappa shape index (κ1) is 12.6. The number of aromatic nitrogens is 2. The molecular weight excluding hydrogens is 246 g/mol. The Morgan fingerprint density at radius 3 is 2.63 bits per heavy atom. The Morgan fingerprint density at radius 1 is 1.37 bits per heavy atom. The highest BCUT2D eigenvalue weighted by Gasteiger charge is 2.06. The summed E-state index contributed by atoms with van der Waals surface area (Å²) in [6, 6.07) is 6.44. The number of rotatable bonds is 4. The average molecular weight is 259 g/mol. The number of hydrogen-bond donors (Lipinski definition) is 4. The average Bonchev–Trinajstić information content (AvgIpc) is 2.97. The molecule has 19 heavy (non-hydrogen) atoms. The maximum Gasteiger partial charge on any atom is 0.251 e. The topological polar surface area (TPSA) is 116 Å². The largest absolute Gasteiger partial charge is 0.409 e. The number of carbonyl (C=O) groups is 1. The van der Waals surface area contributed by atoms with Gasteiger partial charge in [-0.2, -0.15) is 0 Å². The molecule has 0 saturated heterocycles. The van der Waals surface area contributed by atoms with Gasteiger partial charge in [-0.15, -0.1) is 0 Å². The number of nitrogens with one attached hydrogen (secondary N) is 2. The van der Waals surface area contributed by atoms with Crippen LogP contribution in [0.5, 0.6) is 0 Å². The van der Waals surface area contributed by atoms with Crippen molar-refractivity contribution in [2.45, 2.75) is 6.54 Å². The summed E-state index contributed by atoms with van der Waals surface area (Å²) >= 11 is 0. The van der Waals surface area contributed by atoms with Gasteiger partial charge in [0.15, 0.2) is 5.84 Å². The van der Waals surface area contributed by atoms with Gasteiger partial charge >= 0.3 is 0 Å². The molecule has 2 rings (SSSR count). The van der Waals surface area contributed by atoms with Crippen molar-refractivity contribution < 1.29 is 10.0 Å². The van der Waals surface area contributed by atoms with Crippen molar-refractivity contribution in [3.8, 4) is 0 Å². The minimum atomic E-state index is -0.208. The van der Waals surface area contributed by atoms with Crippen LogP contribution in [0.2, 0.25) is 0 Å². The van der Waals surface area contributed by atoms with E-state index in [1.807, 2.05) is 0 Å². The highest BCUT2D eigenvalue weighted by molar-refractivity contribution is 5.99. The van der Waals surface area contributed by atoms with Gasteiger partial charge in [-0.1, -0.05) is 17.3 Å². The number of H-pyrrole nitrogens is 1. The minimum absolute atomic E-state index is 0.00409. The normalized spacial score (nSPS) is 11.3. The third-order valence-electron chi connectivity index (χ3n) is 2.54. The van der Waals surface area contributed by atoms with Gasteiger partial charge in [0.05, 0.1) is 18.6 Å². The van der Waals surface area contributed by atoms with Crippen molar-refractivity contribution in [2.75, 3.05) is 0 Å². The number of carbonyl (C=O) groups excluding carboxylic acids is 1. The zero-order chi connectivity index (χ0) is 13.7. The Hall–Kier alpha value is -2.83. The lowest BCUT2D eigenvalue weighted by Crippen LogP contribution is -2.23. The SMILES string of the molecule is NC(=NO)c1ccc(C(=O)NCc2cnc[nH]2)cc1. The molecule has 0 bridgehead atoms. The van der Waals surface area contributed by atoms with Crippen LogP contribution in [0.15, 0.2) is 41.9 Å². The van der Waals surface area contributed by atoms with E-state index in [-0.39, 0.29) is 11.7 Å². The quantitative estimate of drug-likeness (QED) is 0.276. The standard InChI is InChI=1S/C12H13N5O2/c13-11(17-19)8-1-3-9(4-2-8)12(18)15-6-10-5-14-7-16-10/h1-5,7,19H,6H2,(H2,13,17)(H,14,16)(H,15,18). The number of amides is 1. The van der Waals surface area contributed by atoms with E-state index >= 15 is 0 Å². The van der Waals surface area contributed by atoms with Crippen LogP contribution in [0.1, 0.15) is 21.6 Å². The van der Waals surface area contributed by atoms with Crippen molar-refractivity contribution in [3.63, 3.8) is 0 Å². The first-order valence-corrected chi connectivity index (χ1v) is 5.54. The maximum atomic E-state index is 11.8. The van der Waals surface area contributed by atoms with E-state index < -0.39 is 0 Å². The number of hydrogen-bond acceptors (Lipinski definition) is 4. The Balaban J connectivity index is 1.99. The number of benzene rings is 1. The highest BCUT2D eigenvalue weighted by Crippen LogP contribution is 2.04. The van der Waals surface area contributed by atoms with E-state index in [4.69, 9.17) is 10.9 Å². The van der Waals surface area contributed by atoms with Crippen molar-refractivity contribution >= 4 is 11.7 Å². The van der Waals surface area contributed by atoms with Crippen LogP contribution in [0.4, 0.5) is 0 Å². The molecule has 98 valence electrons. The van der Waals surface area contributed by atoms with Gasteiger partial charge in [0, 0.05) is 17.3 Å². The summed E-state index contributed by atoms with van der Waals surface area (Å²) in [5.41, 5.74) is 7.30. The lowest BCUT2D eigenvalue weighted by molar-refractivity contribution is 0.0950. The summed E-state index contributed by atoms with van der Waals surface area (Å²) in [4.78, 5) is 18.6. The van der Waals surface area contributed by atoms with E-state index in [0.717, 1.165) is 5.69 Å². The lowest BCUT2D eigenvalue weighted by atomic mass is 10.1. The molecule has 0 saturated carbocycles. The van der Waals surface area contributed by atoms with Crippen LogP contribution in [0.25, 0.3) is 0 Å². The Bertz CT molecular complexity index is 575. The first-order chi connectivity index (χ1) is 9.20. The summed E-state index contributed by atoms with van der Waals surface area (Å²) < 4.78 is 0.